The molecule has 3 heterocycles. The lowest BCUT2D eigenvalue weighted by Gasteiger charge is -2.46. The summed E-state index contributed by atoms with van der Waals surface area (Å²) >= 11 is 0. The lowest BCUT2D eigenvalue weighted by Crippen LogP contribution is -2.51. The third-order valence-corrected chi connectivity index (χ3v) is 6.34. The van der Waals surface area contributed by atoms with Crippen LogP contribution in [-0.2, 0) is 6.54 Å². The summed E-state index contributed by atoms with van der Waals surface area (Å²) in [6.07, 6.45) is -0.00174. The first-order valence-electron chi connectivity index (χ1n) is 11.2. The SMILES string of the molecule is O=C(c1ccco1)N1CCN(C2=C(N([O-])O)C(O)N(Cc3ccc(F)cc3)c3ccccc32)CC1. The molecule has 0 radical (unpaired) electrons. The number of nitrogens with zero attached hydrogens (tertiary/aromatic N) is 4. The minimum absolute atomic E-state index is 0.189. The first-order valence-corrected chi connectivity index (χ1v) is 11.2. The standard InChI is InChI=1S/C25H24FN4O5/c26-18-9-7-17(8-10-18)16-29-20-5-2-1-4-19(20)22(23(25(29)32)30(33)34)27-11-13-28(14-12-27)24(31)21-6-3-15-35-21/h1-10,15,25,32-33H,11-14,16H2/q-1. The average molecular weight is 479 g/mol. The minimum Gasteiger partial charge on any atom is -0.734 e. The van der Waals surface area contributed by atoms with Crippen LogP contribution in [-0.4, -0.2) is 63.7 Å². The zero-order valence-corrected chi connectivity index (χ0v) is 18.7. The number of hydroxylamine groups is 2. The molecule has 1 unspecified atom stereocenters. The molecule has 0 spiro atoms. The quantitative estimate of drug-likeness (QED) is 0.538. The van der Waals surface area contributed by atoms with Crippen molar-refractivity contribution >= 4 is 17.3 Å². The molecule has 10 heteroatoms. The molecule has 1 fully saturated rings. The van der Waals surface area contributed by atoms with Gasteiger partial charge in [-0.15, -0.1) is 0 Å². The Labute approximate surface area is 201 Å². The number of hydrogen-bond donors (Lipinski definition) is 2. The molecule has 9 nitrogen and oxygen atoms in total. The molecule has 1 saturated heterocycles. The van der Waals surface area contributed by atoms with Crippen LogP contribution in [0.5, 0.6) is 0 Å². The molecule has 2 aliphatic rings. The van der Waals surface area contributed by atoms with Crippen molar-refractivity contribution in [1.82, 2.24) is 15.0 Å². The number of benzene rings is 2. The van der Waals surface area contributed by atoms with Crippen molar-refractivity contribution in [2.75, 3.05) is 31.1 Å². The Kier molecular flexibility index (Phi) is 6.16. The number of furan rings is 1. The van der Waals surface area contributed by atoms with Crippen LogP contribution in [0.25, 0.3) is 5.70 Å². The van der Waals surface area contributed by atoms with Crippen LogP contribution in [0.4, 0.5) is 10.1 Å². The molecule has 0 saturated carbocycles. The average Bonchev–Trinajstić information content (AvgIpc) is 3.41. The number of halogens is 1. The molecule has 0 aliphatic carbocycles. The maximum atomic E-state index is 13.4. The van der Waals surface area contributed by atoms with Crippen molar-refractivity contribution in [2.24, 2.45) is 0 Å². The Morgan fingerprint density at radius 1 is 1.06 bits per heavy atom. The number of aliphatic hydroxyl groups is 1. The molecule has 5 rings (SSSR count). The van der Waals surface area contributed by atoms with Gasteiger partial charge in [0.25, 0.3) is 5.91 Å². The van der Waals surface area contributed by atoms with Crippen molar-refractivity contribution in [3.8, 4) is 0 Å². The van der Waals surface area contributed by atoms with E-state index in [2.05, 4.69) is 0 Å². The van der Waals surface area contributed by atoms with Crippen LogP contribution < -0.4 is 4.90 Å². The van der Waals surface area contributed by atoms with Crippen molar-refractivity contribution < 1.29 is 23.9 Å². The zero-order chi connectivity index (χ0) is 24.5. The highest BCUT2D eigenvalue weighted by molar-refractivity contribution is 5.91. The Hall–Kier alpha value is -3.86. The van der Waals surface area contributed by atoms with Crippen molar-refractivity contribution in [1.29, 1.82) is 0 Å². The molecule has 0 bridgehead atoms. The lowest BCUT2D eigenvalue weighted by atomic mass is 9.98. The highest BCUT2D eigenvalue weighted by Crippen LogP contribution is 2.41. The van der Waals surface area contributed by atoms with E-state index in [4.69, 9.17) is 4.42 Å². The highest BCUT2D eigenvalue weighted by Gasteiger charge is 2.36. The van der Waals surface area contributed by atoms with E-state index in [1.807, 2.05) is 29.2 Å². The Morgan fingerprint density at radius 3 is 2.43 bits per heavy atom. The van der Waals surface area contributed by atoms with E-state index in [9.17, 15) is 24.7 Å². The van der Waals surface area contributed by atoms with Gasteiger partial charge in [-0.25, -0.2) is 4.39 Å². The predicted molar refractivity (Wildman–Crippen MR) is 125 cm³/mol. The second-order valence-corrected chi connectivity index (χ2v) is 8.41. The maximum Gasteiger partial charge on any atom is 0.289 e. The van der Waals surface area contributed by atoms with E-state index < -0.39 is 6.23 Å². The minimum atomic E-state index is -1.45. The van der Waals surface area contributed by atoms with Gasteiger partial charge in [0.15, 0.2) is 12.0 Å². The number of rotatable bonds is 5. The number of fused-ring (bicyclic) bond motifs is 1. The molecule has 1 atom stereocenters. The number of amides is 1. The van der Waals surface area contributed by atoms with Crippen LogP contribution in [0.15, 0.2) is 77.0 Å². The predicted octanol–water partition coefficient (Wildman–Crippen LogP) is 3.07. The van der Waals surface area contributed by atoms with Crippen molar-refractivity contribution in [2.45, 2.75) is 12.8 Å². The fourth-order valence-corrected chi connectivity index (χ4v) is 4.63. The summed E-state index contributed by atoms with van der Waals surface area (Å²) < 4.78 is 18.6. The largest absolute Gasteiger partial charge is 0.734 e. The molecular formula is C25H24FN4O5-. The van der Waals surface area contributed by atoms with Crippen LogP contribution in [0.3, 0.4) is 0 Å². The van der Waals surface area contributed by atoms with E-state index in [0.717, 1.165) is 5.56 Å². The number of aliphatic hydroxyl groups excluding tert-OH is 1. The molecule has 2 N–H and O–H groups in total. The van der Waals surface area contributed by atoms with Crippen LogP contribution >= 0.6 is 0 Å². The zero-order valence-electron chi connectivity index (χ0n) is 18.7. The van der Waals surface area contributed by atoms with E-state index in [1.165, 1.54) is 18.4 Å². The van der Waals surface area contributed by atoms with E-state index in [-0.39, 0.29) is 35.0 Å². The van der Waals surface area contributed by atoms with Gasteiger partial charge in [-0.05, 0) is 35.9 Å². The highest BCUT2D eigenvalue weighted by atomic mass is 19.1. The summed E-state index contributed by atoms with van der Waals surface area (Å²) in [7, 11) is 0. The summed E-state index contributed by atoms with van der Waals surface area (Å²) in [6, 6.07) is 16.4. The van der Waals surface area contributed by atoms with Crippen LogP contribution in [0.2, 0.25) is 0 Å². The van der Waals surface area contributed by atoms with E-state index in [1.54, 1.807) is 34.1 Å². The summed E-state index contributed by atoms with van der Waals surface area (Å²) in [6.45, 7) is 1.71. The summed E-state index contributed by atoms with van der Waals surface area (Å²) in [4.78, 5) is 17.8. The van der Waals surface area contributed by atoms with Gasteiger partial charge in [0, 0.05) is 44.0 Å². The molecule has 35 heavy (non-hydrogen) atoms. The van der Waals surface area contributed by atoms with Gasteiger partial charge in [-0.3, -0.25) is 10.0 Å². The lowest BCUT2D eigenvalue weighted by molar-refractivity contribution is -0.0300. The Bertz CT molecular complexity index is 1220. The van der Waals surface area contributed by atoms with Crippen LogP contribution in [0, 0.1) is 11.0 Å². The number of carbonyl (C=O) groups excluding carboxylic acids is 1. The van der Waals surface area contributed by atoms with Gasteiger partial charge in [-0.1, -0.05) is 30.3 Å². The number of carbonyl (C=O) groups is 1. The Balaban J connectivity index is 1.45. The third-order valence-electron chi connectivity index (χ3n) is 6.34. The van der Waals surface area contributed by atoms with Gasteiger partial charge < -0.3 is 34.7 Å². The summed E-state index contributed by atoms with van der Waals surface area (Å²) in [5, 5.41) is 33.3. The second kappa shape index (κ2) is 9.41. The molecule has 2 aliphatic heterocycles. The fourth-order valence-electron chi connectivity index (χ4n) is 4.63. The van der Waals surface area contributed by atoms with Gasteiger partial charge in [-0.2, -0.15) is 0 Å². The number of anilines is 1. The monoisotopic (exact) mass is 479 g/mol. The number of hydrogen-bond acceptors (Lipinski definition) is 8. The topological polar surface area (TPSA) is 107 Å². The second-order valence-electron chi connectivity index (χ2n) is 8.41. The van der Waals surface area contributed by atoms with Gasteiger partial charge >= 0.3 is 0 Å². The number of piperazine rings is 1. The third kappa shape index (κ3) is 4.34. The normalized spacial score (nSPS) is 18.1. The summed E-state index contributed by atoms with van der Waals surface area (Å²) in [5.74, 6) is -0.331. The van der Waals surface area contributed by atoms with Gasteiger partial charge in [0.05, 0.1) is 12.0 Å². The first kappa shape index (κ1) is 22.9. The van der Waals surface area contributed by atoms with Crippen LogP contribution in [0.1, 0.15) is 21.7 Å². The Morgan fingerprint density at radius 2 is 1.77 bits per heavy atom. The number of para-hydroxylation sites is 1. The van der Waals surface area contributed by atoms with Crippen molar-refractivity contribution in [3.05, 3.63) is 101 Å². The fraction of sp³-hybridized carbons (Fsp3) is 0.240. The van der Waals surface area contributed by atoms with E-state index >= 15 is 0 Å². The van der Waals surface area contributed by atoms with Gasteiger partial charge in [0.1, 0.15) is 11.5 Å². The van der Waals surface area contributed by atoms with Gasteiger partial charge in [0.2, 0.25) is 0 Å². The maximum absolute atomic E-state index is 13.4. The van der Waals surface area contributed by atoms with Crippen molar-refractivity contribution in [3.63, 3.8) is 0 Å². The summed E-state index contributed by atoms with van der Waals surface area (Å²) in [5.41, 5.74) is 2.25. The molecule has 3 aromatic rings. The molecular weight excluding hydrogens is 455 g/mol. The van der Waals surface area contributed by atoms with E-state index in [0.29, 0.717) is 43.1 Å². The molecule has 1 aromatic heterocycles. The molecule has 182 valence electrons. The first-order chi connectivity index (χ1) is 16.9. The smallest absolute Gasteiger partial charge is 0.289 e. The molecule has 1 amide bonds. The molecule has 2 aromatic carbocycles.